The number of nitrogens with zero attached hydrogens (tertiary/aromatic N) is 1. The molecule has 0 unspecified atom stereocenters. The maximum atomic E-state index is 9.38. The van der Waals surface area contributed by atoms with E-state index in [1.54, 1.807) is 0 Å². The van der Waals surface area contributed by atoms with E-state index in [0.29, 0.717) is 0 Å². The predicted molar refractivity (Wildman–Crippen MR) is 59.3 cm³/mol. The zero-order valence-corrected chi connectivity index (χ0v) is 9.20. The van der Waals surface area contributed by atoms with Crippen molar-refractivity contribution >= 4 is 0 Å². The van der Waals surface area contributed by atoms with Crippen molar-refractivity contribution in [3.8, 4) is 0 Å². The SMILES string of the molecule is CN(C)[C@](C)(CO)Cc1ccccc1. The van der Waals surface area contributed by atoms with Crippen molar-refractivity contribution in [2.75, 3.05) is 20.7 Å². The monoisotopic (exact) mass is 193 g/mol. The fourth-order valence-electron chi connectivity index (χ4n) is 1.39. The lowest BCUT2D eigenvalue weighted by Crippen LogP contribution is -2.46. The Morgan fingerprint density at radius 3 is 2.21 bits per heavy atom. The third kappa shape index (κ3) is 2.56. The Labute approximate surface area is 86.2 Å². The molecule has 0 saturated carbocycles. The number of hydrogen-bond acceptors (Lipinski definition) is 2. The lowest BCUT2D eigenvalue weighted by molar-refractivity contribution is 0.0842. The minimum absolute atomic E-state index is 0.165. The number of benzene rings is 1. The molecule has 78 valence electrons. The fourth-order valence-corrected chi connectivity index (χ4v) is 1.39. The molecule has 0 aliphatic rings. The fraction of sp³-hybridized carbons (Fsp3) is 0.500. The average Bonchev–Trinajstić information content (AvgIpc) is 2.19. The molecule has 2 heteroatoms. The van der Waals surface area contributed by atoms with Crippen LogP contribution in [0.25, 0.3) is 0 Å². The summed E-state index contributed by atoms with van der Waals surface area (Å²) in [6.45, 7) is 2.24. The van der Waals surface area contributed by atoms with Gasteiger partial charge in [-0.25, -0.2) is 0 Å². The Morgan fingerprint density at radius 2 is 1.79 bits per heavy atom. The molecule has 1 N–H and O–H groups in total. The molecule has 0 heterocycles. The summed E-state index contributed by atoms with van der Waals surface area (Å²) in [5, 5.41) is 9.38. The first-order valence-corrected chi connectivity index (χ1v) is 4.91. The molecule has 1 aromatic carbocycles. The number of likely N-dealkylation sites (N-methyl/N-ethyl adjacent to an activating group) is 1. The molecule has 0 fully saturated rings. The number of rotatable bonds is 4. The number of aliphatic hydroxyl groups excluding tert-OH is 1. The minimum atomic E-state index is -0.165. The van der Waals surface area contributed by atoms with Crippen LogP contribution in [0.15, 0.2) is 30.3 Å². The van der Waals surface area contributed by atoms with Gasteiger partial charge in [0.15, 0.2) is 0 Å². The molecule has 0 spiro atoms. The number of aliphatic hydroxyl groups is 1. The molecule has 0 aliphatic carbocycles. The second kappa shape index (κ2) is 4.58. The summed E-state index contributed by atoms with van der Waals surface area (Å²) in [5.41, 5.74) is 1.10. The van der Waals surface area contributed by atoms with E-state index >= 15 is 0 Å². The van der Waals surface area contributed by atoms with Gasteiger partial charge >= 0.3 is 0 Å². The van der Waals surface area contributed by atoms with Crippen molar-refractivity contribution in [1.82, 2.24) is 4.90 Å². The molecule has 2 nitrogen and oxygen atoms in total. The van der Waals surface area contributed by atoms with E-state index in [1.807, 2.05) is 32.3 Å². The summed E-state index contributed by atoms with van der Waals surface area (Å²) in [6, 6.07) is 10.3. The second-order valence-corrected chi connectivity index (χ2v) is 4.21. The smallest absolute Gasteiger partial charge is 0.0615 e. The predicted octanol–water partition coefficient (Wildman–Crippen LogP) is 1.54. The first kappa shape index (κ1) is 11.2. The van der Waals surface area contributed by atoms with Gasteiger partial charge in [-0.2, -0.15) is 0 Å². The Kier molecular flexibility index (Phi) is 3.67. The highest BCUT2D eigenvalue weighted by Crippen LogP contribution is 2.17. The van der Waals surface area contributed by atoms with E-state index in [1.165, 1.54) is 5.56 Å². The van der Waals surface area contributed by atoms with Crippen LogP contribution in [-0.2, 0) is 6.42 Å². The van der Waals surface area contributed by atoms with Crippen molar-refractivity contribution in [3.05, 3.63) is 35.9 Å². The van der Waals surface area contributed by atoms with Crippen molar-refractivity contribution in [2.45, 2.75) is 18.9 Å². The summed E-state index contributed by atoms with van der Waals surface area (Å²) in [4.78, 5) is 2.07. The number of hydrogen-bond donors (Lipinski definition) is 1. The Hall–Kier alpha value is -0.860. The van der Waals surface area contributed by atoms with Crippen LogP contribution in [0.3, 0.4) is 0 Å². The highest BCUT2D eigenvalue weighted by atomic mass is 16.3. The summed E-state index contributed by atoms with van der Waals surface area (Å²) < 4.78 is 0. The quantitative estimate of drug-likeness (QED) is 0.784. The summed E-state index contributed by atoms with van der Waals surface area (Å²) >= 11 is 0. The van der Waals surface area contributed by atoms with Gasteiger partial charge in [-0.1, -0.05) is 30.3 Å². The highest BCUT2D eigenvalue weighted by molar-refractivity contribution is 5.17. The lowest BCUT2D eigenvalue weighted by Gasteiger charge is -2.34. The topological polar surface area (TPSA) is 23.5 Å². The molecule has 0 radical (unpaired) electrons. The first-order chi connectivity index (χ1) is 6.58. The second-order valence-electron chi connectivity index (χ2n) is 4.21. The van der Waals surface area contributed by atoms with Crippen molar-refractivity contribution in [2.24, 2.45) is 0 Å². The van der Waals surface area contributed by atoms with E-state index in [2.05, 4.69) is 24.0 Å². The van der Waals surface area contributed by atoms with Gasteiger partial charge in [-0.3, -0.25) is 0 Å². The van der Waals surface area contributed by atoms with Crippen molar-refractivity contribution in [3.63, 3.8) is 0 Å². The van der Waals surface area contributed by atoms with Gasteiger partial charge in [-0.05, 0) is 33.0 Å². The van der Waals surface area contributed by atoms with Crippen molar-refractivity contribution in [1.29, 1.82) is 0 Å². The molecule has 0 saturated heterocycles. The maximum absolute atomic E-state index is 9.38. The first-order valence-electron chi connectivity index (χ1n) is 4.91. The zero-order valence-electron chi connectivity index (χ0n) is 9.20. The largest absolute Gasteiger partial charge is 0.394 e. The molecule has 1 aromatic rings. The standard InChI is InChI=1S/C12H19NO/c1-12(10-14,13(2)3)9-11-7-5-4-6-8-11/h4-8,14H,9-10H2,1-3H3/t12-/m0/s1. The van der Waals surface area contributed by atoms with E-state index in [0.717, 1.165) is 6.42 Å². The average molecular weight is 193 g/mol. The van der Waals surface area contributed by atoms with Gasteiger partial charge in [0.05, 0.1) is 6.61 Å². The van der Waals surface area contributed by atoms with Crippen LogP contribution in [-0.4, -0.2) is 36.2 Å². The van der Waals surface area contributed by atoms with Crippen LogP contribution in [0.2, 0.25) is 0 Å². The summed E-state index contributed by atoms with van der Waals surface area (Å²) in [7, 11) is 4.00. The normalized spacial score (nSPS) is 15.5. The van der Waals surface area contributed by atoms with Gasteiger partial charge in [0.2, 0.25) is 0 Å². The zero-order chi connectivity index (χ0) is 10.6. The molecule has 0 aromatic heterocycles. The van der Waals surface area contributed by atoms with E-state index < -0.39 is 0 Å². The Bertz CT molecular complexity index is 271. The van der Waals surface area contributed by atoms with Crippen LogP contribution in [0.4, 0.5) is 0 Å². The van der Waals surface area contributed by atoms with E-state index in [-0.39, 0.29) is 12.1 Å². The summed E-state index contributed by atoms with van der Waals surface area (Å²) in [5.74, 6) is 0. The minimum Gasteiger partial charge on any atom is -0.394 e. The molecular weight excluding hydrogens is 174 g/mol. The maximum Gasteiger partial charge on any atom is 0.0615 e. The molecule has 14 heavy (non-hydrogen) atoms. The van der Waals surface area contributed by atoms with Gasteiger partial charge in [0.25, 0.3) is 0 Å². The van der Waals surface area contributed by atoms with Crippen LogP contribution >= 0.6 is 0 Å². The highest BCUT2D eigenvalue weighted by Gasteiger charge is 2.25. The molecule has 0 bridgehead atoms. The molecular formula is C12H19NO. The van der Waals surface area contributed by atoms with Crippen LogP contribution < -0.4 is 0 Å². The Balaban J connectivity index is 2.76. The van der Waals surface area contributed by atoms with Crippen molar-refractivity contribution < 1.29 is 5.11 Å². The van der Waals surface area contributed by atoms with Crippen LogP contribution in [0.5, 0.6) is 0 Å². The van der Waals surface area contributed by atoms with Crippen LogP contribution in [0, 0.1) is 0 Å². The molecule has 0 amide bonds. The van der Waals surface area contributed by atoms with Gasteiger partial charge in [-0.15, -0.1) is 0 Å². The van der Waals surface area contributed by atoms with Gasteiger partial charge in [0.1, 0.15) is 0 Å². The van der Waals surface area contributed by atoms with Gasteiger partial charge in [0, 0.05) is 5.54 Å². The Morgan fingerprint density at radius 1 is 1.21 bits per heavy atom. The summed E-state index contributed by atoms with van der Waals surface area (Å²) in [6.07, 6.45) is 0.872. The third-order valence-electron chi connectivity index (χ3n) is 2.85. The van der Waals surface area contributed by atoms with Crippen LogP contribution in [0.1, 0.15) is 12.5 Å². The molecule has 1 rings (SSSR count). The lowest BCUT2D eigenvalue weighted by atomic mass is 9.92. The molecule has 0 aliphatic heterocycles. The molecule has 1 atom stereocenters. The third-order valence-corrected chi connectivity index (χ3v) is 2.85. The van der Waals surface area contributed by atoms with E-state index in [9.17, 15) is 5.11 Å². The van der Waals surface area contributed by atoms with E-state index in [4.69, 9.17) is 0 Å². The van der Waals surface area contributed by atoms with Gasteiger partial charge < -0.3 is 10.0 Å².